The first kappa shape index (κ1) is 15.5. The molecular weight excluding hydrogens is 314 g/mol. The summed E-state index contributed by atoms with van der Waals surface area (Å²) < 4.78 is 1.86. The van der Waals surface area contributed by atoms with Crippen LogP contribution in [0, 0.1) is 6.92 Å². The van der Waals surface area contributed by atoms with Crippen LogP contribution in [0.2, 0.25) is 0 Å². The third-order valence-electron chi connectivity index (χ3n) is 3.56. The molecule has 2 heterocycles. The number of para-hydroxylation sites is 1. The fraction of sp³-hybridized carbons (Fsp3) is 0.333. The van der Waals surface area contributed by atoms with Crippen LogP contribution in [0.4, 0.5) is 5.69 Å². The summed E-state index contributed by atoms with van der Waals surface area (Å²) in [6.45, 7) is 2.94. The lowest BCUT2D eigenvalue weighted by Gasteiger charge is -2.23. The van der Waals surface area contributed by atoms with Gasteiger partial charge in [0.25, 0.3) is 0 Å². The summed E-state index contributed by atoms with van der Waals surface area (Å²) in [5.41, 5.74) is 0.808. The topological polar surface area (TPSA) is 88.9 Å². The number of anilines is 1. The fourth-order valence-corrected chi connectivity index (χ4v) is 3.43. The summed E-state index contributed by atoms with van der Waals surface area (Å²) >= 11 is 1.43. The largest absolute Gasteiger partial charge is 0.354 e. The van der Waals surface area contributed by atoms with Crippen LogP contribution in [-0.2, 0) is 16.1 Å². The van der Waals surface area contributed by atoms with E-state index >= 15 is 0 Å². The number of hydrogen-bond donors (Lipinski definition) is 2. The van der Waals surface area contributed by atoms with Gasteiger partial charge >= 0.3 is 0 Å². The van der Waals surface area contributed by atoms with Crippen molar-refractivity contribution >= 4 is 29.3 Å². The number of nitrogens with one attached hydrogen (secondary N) is 2. The molecule has 1 aliphatic heterocycles. The van der Waals surface area contributed by atoms with Crippen molar-refractivity contribution in [2.45, 2.75) is 30.0 Å². The Hall–Kier alpha value is -2.35. The van der Waals surface area contributed by atoms with Crippen LogP contribution in [0.1, 0.15) is 12.2 Å². The van der Waals surface area contributed by atoms with Gasteiger partial charge in [-0.1, -0.05) is 12.1 Å². The quantitative estimate of drug-likeness (QED) is 0.859. The number of carbonyl (C=O) groups excluding carboxylic acids is 2. The average Bonchev–Trinajstić information content (AvgIpc) is 2.93. The van der Waals surface area contributed by atoms with Gasteiger partial charge in [0.15, 0.2) is 0 Å². The highest BCUT2D eigenvalue weighted by atomic mass is 32.2. The zero-order chi connectivity index (χ0) is 16.2. The van der Waals surface area contributed by atoms with Gasteiger partial charge in [-0.2, -0.15) is 0 Å². The molecule has 1 aliphatic rings. The first-order chi connectivity index (χ1) is 11.1. The van der Waals surface area contributed by atoms with Gasteiger partial charge in [0.2, 0.25) is 11.8 Å². The third-order valence-corrected chi connectivity index (χ3v) is 4.84. The molecule has 1 aromatic heterocycles. The minimum Gasteiger partial charge on any atom is -0.354 e. The standard InChI is InChI=1S/C15H17N5O2S/c1-10-19-17-9-20(10)7-6-16-14(21)8-13-15(22)18-11-4-2-3-5-12(11)23-13/h2-5,9,13H,6-8H2,1H3,(H,16,21)(H,18,22). The Bertz CT molecular complexity index is 730. The molecule has 2 aromatic rings. The maximum absolute atomic E-state index is 12.1. The molecule has 0 bridgehead atoms. The summed E-state index contributed by atoms with van der Waals surface area (Å²) in [7, 11) is 0. The van der Waals surface area contributed by atoms with Gasteiger partial charge in [-0.05, 0) is 19.1 Å². The monoisotopic (exact) mass is 331 g/mol. The molecule has 0 radical (unpaired) electrons. The number of benzene rings is 1. The van der Waals surface area contributed by atoms with E-state index < -0.39 is 5.25 Å². The molecular formula is C15H17N5O2S. The molecule has 0 saturated carbocycles. The van der Waals surface area contributed by atoms with Crippen LogP contribution in [-0.4, -0.2) is 38.4 Å². The van der Waals surface area contributed by atoms with E-state index in [1.807, 2.05) is 35.8 Å². The second-order valence-corrected chi connectivity index (χ2v) is 6.46. The first-order valence-electron chi connectivity index (χ1n) is 7.31. The lowest BCUT2D eigenvalue weighted by molar-refractivity contribution is -0.124. The number of aryl methyl sites for hydroxylation is 1. The van der Waals surface area contributed by atoms with Gasteiger partial charge in [0.05, 0.1) is 10.9 Å². The average molecular weight is 331 g/mol. The van der Waals surface area contributed by atoms with Crippen molar-refractivity contribution in [2.75, 3.05) is 11.9 Å². The van der Waals surface area contributed by atoms with Gasteiger partial charge in [-0.15, -0.1) is 22.0 Å². The van der Waals surface area contributed by atoms with E-state index in [4.69, 9.17) is 0 Å². The van der Waals surface area contributed by atoms with Gasteiger partial charge in [-0.25, -0.2) is 0 Å². The van der Waals surface area contributed by atoms with E-state index in [2.05, 4.69) is 20.8 Å². The molecule has 1 aromatic carbocycles. The molecule has 7 nitrogen and oxygen atoms in total. The van der Waals surface area contributed by atoms with Crippen LogP contribution >= 0.6 is 11.8 Å². The van der Waals surface area contributed by atoms with Gasteiger partial charge in [-0.3, -0.25) is 9.59 Å². The van der Waals surface area contributed by atoms with E-state index in [0.29, 0.717) is 13.1 Å². The SMILES string of the molecule is Cc1nncn1CCNC(=O)CC1Sc2ccccc2NC1=O. The normalized spacial score (nSPS) is 16.6. The maximum atomic E-state index is 12.1. The number of carbonyl (C=O) groups is 2. The molecule has 0 aliphatic carbocycles. The molecule has 2 N–H and O–H groups in total. The molecule has 0 spiro atoms. The number of amides is 2. The Kier molecular flexibility index (Phi) is 4.61. The van der Waals surface area contributed by atoms with Crippen LogP contribution < -0.4 is 10.6 Å². The van der Waals surface area contributed by atoms with E-state index in [9.17, 15) is 9.59 Å². The van der Waals surface area contributed by atoms with E-state index in [0.717, 1.165) is 16.4 Å². The van der Waals surface area contributed by atoms with E-state index in [1.165, 1.54) is 11.8 Å². The summed E-state index contributed by atoms with van der Waals surface area (Å²) in [5.74, 6) is 0.541. The third kappa shape index (κ3) is 3.70. The second kappa shape index (κ2) is 6.82. The van der Waals surface area contributed by atoms with Crippen LogP contribution in [0.25, 0.3) is 0 Å². The van der Waals surface area contributed by atoms with Gasteiger partial charge < -0.3 is 15.2 Å². The zero-order valence-corrected chi connectivity index (χ0v) is 13.5. The molecule has 23 heavy (non-hydrogen) atoms. The maximum Gasteiger partial charge on any atom is 0.238 e. The number of hydrogen-bond acceptors (Lipinski definition) is 5. The van der Waals surface area contributed by atoms with Crippen molar-refractivity contribution in [3.05, 3.63) is 36.4 Å². The minimum absolute atomic E-state index is 0.126. The Morgan fingerprint density at radius 1 is 1.43 bits per heavy atom. The number of thioether (sulfide) groups is 1. The molecule has 3 rings (SSSR count). The number of rotatable bonds is 5. The lowest BCUT2D eigenvalue weighted by atomic mass is 10.2. The van der Waals surface area contributed by atoms with Crippen molar-refractivity contribution in [1.29, 1.82) is 0 Å². The number of nitrogens with zero attached hydrogens (tertiary/aromatic N) is 3. The molecule has 120 valence electrons. The zero-order valence-electron chi connectivity index (χ0n) is 12.7. The highest BCUT2D eigenvalue weighted by Crippen LogP contribution is 2.36. The van der Waals surface area contributed by atoms with Crippen molar-refractivity contribution in [2.24, 2.45) is 0 Å². The summed E-state index contributed by atoms with van der Waals surface area (Å²) in [6, 6.07) is 7.60. The van der Waals surface area contributed by atoms with E-state index in [1.54, 1.807) is 6.33 Å². The highest BCUT2D eigenvalue weighted by molar-refractivity contribution is 8.01. The summed E-state index contributed by atoms with van der Waals surface area (Å²) in [5, 5.41) is 12.9. The molecule has 2 amide bonds. The second-order valence-electron chi connectivity index (χ2n) is 5.22. The van der Waals surface area contributed by atoms with Crippen molar-refractivity contribution < 1.29 is 9.59 Å². The predicted octanol–water partition coefficient (Wildman–Crippen LogP) is 1.21. The molecule has 8 heteroatoms. The Labute approximate surface area is 137 Å². The van der Waals surface area contributed by atoms with Crippen LogP contribution in [0.15, 0.2) is 35.5 Å². The number of aromatic nitrogens is 3. The van der Waals surface area contributed by atoms with Gasteiger partial charge in [0.1, 0.15) is 12.2 Å². The van der Waals surface area contributed by atoms with Crippen molar-refractivity contribution in [1.82, 2.24) is 20.1 Å². The predicted molar refractivity (Wildman–Crippen MR) is 87.1 cm³/mol. The smallest absolute Gasteiger partial charge is 0.238 e. The van der Waals surface area contributed by atoms with Crippen LogP contribution in [0.3, 0.4) is 0 Å². The fourth-order valence-electron chi connectivity index (χ4n) is 2.32. The molecule has 0 saturated heterocycles. The Morgan fingerprint density at radius 2 is 2.26 bits per heavy atom. The highest BCUT2D eigenvalue weighted by Gasteiger charge is 2.28. The molecule has 0 fully saturated rings. The minimum atomic E-state index is -0.401. The number of fused-ring (bicyclic) bond motifs is 1. The lowest BCUT2D eigenvalue weighted by Crippen LogP contribution is -2.35. The first-order valence-corrected chi connectivity index (χ1v) is 8.19. The Morgan fingerprint density at radius 3 is 3.04 bits per heavy atom. The van der Waals surface area contributed by atoms with E-state index in [-0.39, 0.29) is 18.2 Å². The van der Waals surface area contributed by atoms with Gasteiger partial charge in [0, 0.05) is 24.4 Å². The Balaban J connectivity index is 1.50. The summed E-state index contributed by atoms with van der Waals surface area (Å²) in [6.07, 6.45) is 1.79. The van der Waals surface area contributed by atoms with Crippen molar-refractivity contribution in [3.63, 3.8) is 0 Å². The van der Waals surface area contributed by atoms with Crippen LogP contribution in [0.5, 0.6) is 0 Å². The summed E-state index contributed by atoms with van der Waals surface area (Å²) in [4.78, 5) is 25.1. The van der Waals surface area contributed by atoms with Crippen molar-refractivity contribution in [3.8, 4) is 0 Å². The molecule has 1 atom stereocenters. The molecule has 1 unspecified atom stereocenters.